The summed E-state index contributed by atoms with van der Waals surface area (Å²) < 4.78 is 2.15. The Morgan fingerprint density at radius 1 is 1.24 bits per heavy atom. The Labute approximate surface area is 126 Å². The van der Waals surface area contributed by atoms with Crippen LogP contribution >= 0.6 is 0 Å². The van der Waals surface area contributed by atoms with Crippen molar-refractivity contribution in [2.24, 2.45) is 0 Å². The molecule has 1 aromatic carbocycles. The van der Waals surface area contributed by atoms with Crippen LogP contribution in [0.4, 0.5) is 0 Å². The second-order valence-electron chi connectivity index (χ2n) is 5.96. The molecule has 1 N–H and O–H groups in total. The van der Waals surface area contributed by atoms with Crippen molar-refractivity contribution in [2.45, 2.75) is 25.4 Å². The molecule has 4 heteroatoms. The maximum absolute atomic E-state index is 4.10. The maximum atomic E-state index is 4.10. The van der Waals surface area contributed by atoms with E-state index >= 15 is 0 Å². The van der Waals surface area contributed by atoms with Gasteiger partial charge in [0, 0.05) is 45.1 Å². The molecule has 1 atom stereocenters. The van der Waals surface area contributed by atoms with Crippen LogP contribution in [0, 0.1) is 0 Å². The number of nitrogens with one attached hydrogen (secondary N) is 1. The number of imidazole rings is 1. The summed E-state index contributed by atoms with van der Waals surface area (Å²) in [6.07, 6.45) is 6.93. The molecule has 1 unspecified atom stereocenters. The summed E-state index contributed by atoms with van der Waals surface area (Å²) in [6, 6.07) is 10.9. The highest BCUT2D eigenvalue weighted by atomic mass is 15.3. The molecule has 0 saturated carbocycles. The van der Waals surface area contributed by atoms with Crippen molar-refractivity contribution in [3.05, 3.63) is 54.6 Å². The van der Waals surface area contributed by atoms with Gasteiger partial charge in [0.1, 0.15) is 0 Å². The van der Waals surface area contributed by atoms with E-state index in [1.807, 2.05) is 18.7 Å². The summed E-state index contributed by atoms with van der Waals surface area (Å²) in [4.78, 5) is 6.72. The molecule has 0 radical (unpaired) electrons. The van der Waals surface area contributed by atoms with Gasteiger partial charge in [-0.25, -0.2) is 4.98 Å². The van der Waals surface area contributed by atoms with E-state index in [0.29, 0.717) is 0 Å². The first kappa shape index (κ1) is 14.3. The van der Waals surface area contributed by atoms with Crippen molar-refractivity contribution >= 4 is 0 Å². The lowest BCUT2D eigenvalue weighted by atomic mass is 9.88. The van der Waals surface area contributed by atoms with Gasteiger partial charge in [0.25, 0.3) is 0 Å². The molecular weight excluding hydrogens is 260 g/mol. The lowest BCUT2D eigenvalue weighted by Crippen LogP contribution is -2.57. The van der Waals surface area contributed by atoms with Crippen LogP contribution in [-0.4, -0.2) is 40.6 Å². The van der Waals surface area contributed by atoms with Crippen molar-refractivity contribution < 1.29 is 0 Å². The van der Waals surface area contributed by atoms with Crippen LogP contribution in [0.25, 0.3) is 0 Å². The smallest absolute Gasteiger partial charge is 0.0945 e. The second kappa shape index (κ2) is 6.41. The fourth-order valence-corrected chi connectivity index (χ4v) is 3.21. The predicted octanol–water partition coefficient (Wildman–Crippen LogP) is 2.09. The van der Waals surface area contributed by atoms with Gasteiger partial charge in [0.05, 0.1) is 11.9 Å². The molecule has 0 aliphatic carbocycles. The van der Waals surface area contributed by atoms with Crippen molar-refractivity contribution in [3.63, 3.8) is 0 Å². The van der Waals surface area contributed by atoms with E-state index in [-0.39, 0.29) is 5.54 Å². The molecule has 0 spiro atoms. The Bertz CT molecular complexity index is 537. The number of hydrogen-bond donors (Lipinski definition) is 1. The Hall–Kier alpha value is -1.65. The lowest BCUT2D eigenvalue weighted by molar-refractivity contribution is 0.0705. The molecule has 1 aliphatic rings. The largest absolute Gasteiger partial charge is 0.337 e. The molecule has 1 aromatic heterocycles. The molecular formula is C17H24N4. The molecule has 21 heavy (non-hydrogen) atoms. The highest BCUT2D eigenvalue weighted by molar-refractivity contribution is 5.25. The van der Waals surface area contributed by atoms with Gasteiger partial charge in [0.15, 0.2) is 0 Å². The van der Waals surface area contributed by atoms with Gasteiger partial charge in [0.2, 0.25) is 0 Å². The summed E-state index contributed by atoms with van der Waals surface area (Å²) in [5.41, 5.74) is 1.49. The number of aryl methyl sites for hydroxylation is 1. The zero-order chi connectivity index (χ0) is 14.5. The van der Waals surface area contributed by atoms with Crippen LogP contribution in [0.3, 0.4) is 0 Å². The number of piperazine rings is 1. The average Bonchev–Trinajstić information content (AvgIpc) is 3.03. The van der Waals surface area contributed by atoms with E-state index in [1.54, 1.807) is 0 Å². The lowest BCUT2D eigenvalue weighted by Gasteiger charge is -2.46. The van der Waals surface area contributed by atoms with Gasteiger partial charge in [-0.3, -0.25) is 4.90 Å². The van der Waals surface area contributed by atoms with Gasteiger partial charge in [-0.2, -0.15) is 0 Å². The maximum Gasteiger partial charge on any atom is 0.0945 e. The highest BCUT2D eigenvalue weighted by Gasteiger charge is 2.35. The Morgan fingerprint density at radius 2 is 2.10 bits per heavy atom. The van der Waals surface area contributed by atoms with E-state index < -0.39 is 0 Å². The fourth-order valence-electron chi connectivity index (χ4n) is 3.21. The van der Waals surface area contributed by atoms with Gasteiger partial charge < -0.3 is 9.88 Å². The second-order valence-corrected chi connectivity index (χ2v) is 5.96. The third-order valence-corrected chi connectivity index (χ3v) is 4.52. The average molecular weight is 284 g/mol. The van der Waals surface area contributed by atoms with Crippen molar-refractivity contribution in [1.82, 2.24) is 19.8 Å². The zero-order valence-corrected chi connectivity index (χ0v) is 12.7. The standard InChI is InChI=1S/C17H24N4/c1-17(16-6-3-2-4-7-16)14-18-9-13-21(17)11-5-10-20-12-8-19-15-20/h2-4,6-8,12,15,18H,5,9-11,13-14H2,1H3. The Balaban J connectivity index is 1.66. The molecule has 0 bridgehead atoms. The molecule has 1 fully saturated rings. The van der Waals surface area contributed by atoms with Gasteiger partial charge in [-0.05, 0) is 18.9 Å². The van der Waals surface area contributed by atoms with Crippen molar-refractivity contribution in [2.75, 3.05) is 26.2 Å². The van der Waals surface area contributed by atoms with Crippen molar-refractivity contribution in [1.29, 1.82) is 0 Å². The SMILES string of the molecule is CC1(c2ccccc2)CNCCN1CCCn1ccnc1. The van der Waals surface area contributed by atoms with E-state index in [1.165, 1.54) is 5.56 Å². The van der Waals surface area contributed by atoms with E-state index in [0.717, 1.165) is 39.1 Å². The van der Waals surface area contributed by atoms with E-state index in [2.05, 4.69) is 57.0 Å². The molecule has 3 rings (SSSR count). The Kier molecular flexibility index (Phi) is 4.36. The van der Waals surface area contributed by atoms with Crippen LogP contribution in [0.15, 0.2) is 49.1 Å². The minimum absolute atomic E-state index is 0.0917. The van der Waals surface area contributed by atoms with Gasteiger partial charge in [-0.15, -0.1) is 0 Å². The number of hydrogen-bond acceptors (Lipinski definition) is 3. The van der Waals surface area contributed by atoms with Crippen LogP contribution in [0.2, 0.25) is 0 Å². The van der Waals surface area contributed by atoms with E-state index in [9.17, 15) is 0 Å². The van der Waals surface area contributed by atoms with Crippen molar-refractivity contribution in [3.8, 4) is 0 Å². The number of benzene rings is 1. The summed E-state index contributed by atoms with van der Waals surface area (Å²) in [5.74, 6) is 0. The van der Waals surface area contributed by atoms with Crippen LogP contribution in [0.1, 0.15) is 18.9 Å². The first-order valence-corrected chi connectivity index (χ1v) is 7.76. The van der Waals surface area contributed by atoms with Gasteiger partial charge in [-0.1, -0.05) is 30.3 Å². The molecule has 4 nitrogen and oxygen atoms in total. The molecule has 2 heterocycles. The van der Waals surface area contributed by atoms with E-state index in [4.69, 9.17) is 0 Å². The van der Waals surface area contributed by atoms with Crippen LogP contribution in [0.5, 0.6) is 0 Å². The monoisotopic (exact) mass is 284 g/mol. The first-order chi connectivity index (χ1) is 10.3. The van der Waals surface area contributed by atoms with Crippen LogP contribution in [-0.2, 0) is 12.1 Å². The molecule has 2 aromatic rings. The van der Waals surface area contributed by atoms with Crippen LogP contribution < -0.4 is 5.32 Å². The zero-order valence-electron chi connectivity index (χ0n) is 12.7. The third-order valence-electron chi connectivity index (χ3n) is 4.52. The number of nitrogens with zero attached hydrogens (tertiary/aromatic N) is 3. The summed E-state index contributed by atoms with van der Waals surface area (Å²) >= 11 is 0. The normalized spacial score (nSPS) is 23.3. The highest BCUT2D eigenvalue weighted by Crippen LogP contribution is 2.29. The molecule has 1 saturated heterocycles. The number of aromatic nitrogens is 2. The quantitative estimate of drug-likeness (QED) is 0.913. The summed E-state index contributed by atoms with van der Waals surface area (Å²) in [6.45, 7) is 7.71. The summed E-state index contributed by atoms with van der Waals surface area (Å²) in [5, 5.41) is 3.55. The fraction of sp³-hybridized carbons (Fsp3) is 0.471. The third kappa shape index (κ3) is 3.17. The molecule has 112 valence electrons. The molecule has 0 amide bonds. The minimum atomic E-state index is 0.0917. The number of rotatable bonds is 5. The summed E-state index contributed by atoms with van der Waals surface area (Å²) in [7, 11) is 0. The van der Waals surface area contributed by atoms with Gasteiger partial charge >= 0.3 is 0 Å². The first-order valence-electron chi connectivity index (χ1n) is 7.76. The predicted molar refractivity (Wildman–Crippen MR) is 85.1 cm³/mol. The minimum Gasteiger partial charge on any atom is -0.337 e. The Morgan fingerprint density at radius 3 is 2.86 bits per heavy atom. The topological polar surface area (TPSA) is 33.1 Å². The molecule has 1 aliphatic heterocycles.